The summed E-state index contributed by atoms with van der Waals surface area (Å²) in [6.07, 6.45) is 1.83. The molecule has 4 aromatic rings. The van der Waals surface area contributed by atoms with Crippen LogP contribution in [-0.4, -0.2) is 64.7 Å². The third kappa shape index (κ3) is 5.36. The van der Waals surface area contributed by atoms with Crippen LogP contribution in [0.5, 0.6) is 0 Å². The number of rotatable bonds is 8. The Balaban J connectivity index is 1.39. The van der Waals surface area contributed by atoms with Crippen LogP contribution in [-0.2, 0) is 0 Å². The van der Waals surface area contributed by atoms with Gasteiger partial charge in [0.05, 0.1) is 11.0 Å². The highest BCUT2D eigenvalue weighted by atomic mass is 35.5. The minimum absolute atomic E-state index is 0.145. The Bertz CT molecular complexity index is 1430. The van der Waals surface area contributed by atoms with Crippen LogP contribution in [0, 0.1) is 5.41 Å². The quantitative estimate of drug-likeness (QED) is 0.276. The van der Waals surface area contributed by atoms with Crippen LogP contribution in [0.2, 0.25) is 5.02 Å². The van der Waals surface area contributed by atoms with E-state index in [0.717, 1.165) is 78.5 Å². The van der Waals surface area contributed by atoms with Gasteiger partial charge in [-0.25, -0.2) is 4.98 Å². The van der Waals surface area contributed by atoms with Crippen molar-refractivity contribution in [3.8, 4) is 0 Å². The summed E-state index contributed by atoms with van der Waals surface area (Å²) in [7, 11) is 0. The summed E-state index contributed by atoms with van der Waals surface area (Å²) in [6, 6.07) is 16.1. The number of nitrogens with one attached hydrogen (secondary N) is 2. The molecule has 2 N–H and O–H groups in total. The summed E-state index contributed by atoms with van der Waals surface area (Å²) in [6.45, 7) is 17.1. The van der Waals surface area contributed by atoms with Gasteiger partial charge in [-0.1, -0.05) is 44.5 Å². The van der Waals surface area contributed by atoms with Gasteiger partial charge in [0.2, 0.25) is 5.95 Å². The maximum absolute atomic E-state index is 6.19. The molecular weight excluding hydrogens is 494 g/mol. The van der Waals surface area contributed by atoms with Gasteiger partial charge < -0.3 is 20.4 Å². The largest absolute Gasteiger partial charge is 0.384 e. The fraction of sp³-hybridized carbons (Fsp3) is 0.433. The molecule has 3 heterocycles. The highest BCUT2D eigenvalue weighted by Crippen LogP contribution is 2.36. The lowest BCUT2D eigenvalue weighted by molar-refractivity contribution is 0.242. The first-order valence-corrected chi connectivity index (χ1v) is 13.8. The number of para-hydroxylation sites is 1. The number of benzene rings is 2. The van der Waals surface area contributed by atoms with Crippen molar-refractivity contribution in [2.24, 2.45) is 5.41 Å². The van der Waals surface area contributed by atoms with E-state index < -0.39 is 0 Å². The van der Waals surface area contributed by atoms with Gasteiger partial charge in [0.25, 0.3) is 0 Å². The number of hydrogen-bond acceptors (Lipinski definition) is 7. The highest BCUT2D eigenvalue weighted by molar-refractivity contribution is 6.31. The van der Waals surface area contributed by atoms with Gasteiger partial charge in [0.15, 0.2) is 0 Å². The minimum Gasteiger partial charge on any atom is -0.384 e. The van der Waals surface area contributed by atoms with Gasteiger partial charge in [-0.05, 0) is 56.8 Å². The summed E-state index contributed by atoms with van der Waals surface area (Å²) in [5.74, 6) is 1.68. The van der Waals surface area contributed by atoms with Crippen molar-refractivity contribution in [3.05, 3.63) is 59.8 Å². The molecule has 0 spiro atoms. The van der Waals surface area contributed by atoms with E-state index in [0.29, 0.717) is 5.02 Å². The summed E-state index contributed by atoms with van der Waals surface area (Å²) in [4.78, 5) is 19.3. The molecule has 1 aliphatic heterocycles. The van der Waals surface area contributed by atoms with E-state index in [1.165, 1.54) is 0 Å². The van der Waals surface area contributed by atoms with Crippen LogP contribution in [0.1, 0.15) is 34.6 Å². The minimum atomic E-state index is -0.290. The molecule has 200 valence electrons. The van der Waals surface area contributed by atoms with Crippen LogP contribution in [0.25, 0.3) is 21.8 Å². The van der Waals surface area contributed by atoms with E-state index in [-0.39, 0.29) is 11.0 Å². The third-order valence-electron chi connectivity index (χ3n) is 8.24. The van der Waals surface area contributed by atoms with E-state index in [1.54, 1.807) is 0 Å². The van der Waals surface area contributed by atoms with Gasteiger partial charge in [-0.2, -0.15) is 4.98 Å². The van der Waals surface area contributed by atoms with Gasteiger partial charge in [-0.3, -0.25) is 4.98 Å². The zero-order chi connectivity index (χ0) is 26.9. The number of hydrogen-bond donors (Lipinski definition) is 2. The first-order valence-electron chi connectivity index (χ1n) is 13.5. The zero-order valence-corrected chi connectivity index (χ0v) is 23.8. The maximum Gasteiger partial charge on any atom is 0.227 e. The van der Waals surface area contributed by atoms with E-state index in [1.807, 2.05) is 36.5 Å². The topological polar surface area (TPSA) is 69.2 Å². The average Bonchev–Trinajstić information content (AvgIpc) is 2.91. The SMILES string of the molecule is CCN1CCN(c2nc(NC(C)(C)C(C)(C)CNc3ccnc4cc(Cl)ccc34)c3ccccc3n2)CC1. The first-order chi connectivity index (χ1) is 18.2. The Morgan fingerprint density at radius 3 is 2.42 bits per heavy atom. The molecule has 0 atom stereocenters. The molecule has 7 nitrogen and oxygen atoms in total. The Morgan fingerprint density at radius 2 is 1.66 bits per heavy atom. The van der Waals surface area contributed by atoms with Crippen molar-refractivity contribution < 1.29 is 0 Å². The number of halogens is 1. The summed E-state index contributed by atoms with van der Waals surface area (Å²) in [5, 5.41) is 10.3. The van der Waals surface area contributed by atoms with E-state index in [2.05, 4.69) is 78.2 Å². The number of anilines is 3. The Labute approximate surface area is 230 Å². The second-order valence-electron chi connectivity index (χ2n) is 11.3. The molecule has 0 radical (unpaired) electrons. The second-order valence-corrected chi connectivity index (χ2v) is 11.8. The van der Waals surface area contributed by atoms with Crippen molar-refractivity contribution in [3.63, 3.8) is 0 Å². The molecule has 8 heteroatoms. The van der Waals surface area contributed by atoms with Crippen molar-refractivity contribution in [1.29, 1.82) is 0 Å². The molecule has 2 aromatic carbocycles. The molecule has 2 aromatic heterocycles. The van der Waals surface area contributed by atoms with Gasteiger partial charge in [-0.15, -0.1) is 0 Å². The predicted molar refractivity (Wildman–Crippen MR) is 161 cm³/mol. The lowest BCUT2D eigenvalue weighted by Crippen LogP contribution is -2.50. The maximum atomic E-state index is 6.19. The van der Waals surface area contributed by atoms with Crippen LogP contribution in [0.15, 0.2) is 54.7 Å². The Kier molecular flexibility index (Phi) is 7.34. The summed E-state index contributed by atoms with van der Waals surface area (Å²) < 4.78 is 0. The van der Waals surface area contributed by atoms with Gasteiger partial charge in [0.1, 0.15) is 5.82 Å². The average molecular weight is 532 g/mol. The standard InChI is InChI=1S/C30H38ClN7/c1-6-37-15-17-38(18-16-37)28-34-25-10-8-7-9-23(25)27(35-28)36-30(4,5)29(2,3)20-33-24-13-14-32-26-19-21(31)11-12-22(24)26/h7-14,19H,6,15-18,20H2,1-5H3,(H,32,33)(H,34,35,36). The number of likely N-dealkylation sites (N-methyl/N-ethyl adjacent to an activating group) is 1. The van der Waals surface area contributed by atoms with Crippen molar-refractivity contribution in [1.82, 2.24) is 19.9 Å². The molecule has 0 amide bonds. The number of nitrogens with zero attached hydrogens (tertiary/aromatic N) is 5. The lowest BCUT2D eigenvalue weighted by atomic mass is 9.74. The molecule has 1 fully saturated rings. The molecule has 5 rings (SSSR count). The fourth-order valence-corrected chi connectivity index (χ4v) is 5.01. The van der Waals surface area contributed by atoms with Crippen LogP contribution < -0.4 is 15.5 Å². The van der Waals surface area contributed by atoms with Crippen molar-refractivity contribution in [2.75, 3.05) is 54.8 Å². The Morgan fingerprint density at radius 1 is 0.895 bits per heavy atom. The predicted octanol–water partition coefficient (Wildman–Crippen LogP) is 6.30. The molecule has 0 aliphatic carbocycles. The summed E-state index contributed by atoms with van der Waals surface area (Å²) >= 11 is 6.19. The van der Waals surface area contributed by atoms with Crippen LogP contribution in [0.3, 0.4) is 0 Å². The van der Waals surface area contributed by atoms with Crippen molar-refractivity contribution in [2.45, 2.75) is 40.2 Å². The number of fused-ring (bicyclic) bond motifs is 2. The zero-order valence-electron chi connectivity index (χ0n) is 23.1. The first kappa shape index (κ1) is 26.4. The second kappa shape index (κ2) is 10.5. The number of pyridine rings is 1. The molecule has 38 heavy (non-hydrogen) atoms. The van der Waals surface area contributed by atoms with Gasteiger partial charge in [0, 0.05) is 71.4 Å². The molecule has 0 saturated carbocycles. The molecule has 0 unspecified atom stereocenters. The molecular formula is C30H38ClN7. The van der Waals surface area contributed by atoms with Gasteiger partial charge >= 0.3 is 0 Å². The van der Waals surface area contributed by atoms with E-state index in [9.17, 15) is 0 Å². The van der Waals surface area contributed by atoms with Crippen LogP contribution >= 0.6 is 11.6 Å². The number of piperazine rings is 1. The monoisotopic (exact) mass is 531 g/mol. The molecule has 1 aliphatic rings. The number of aromatic nitrogens is 3. The molecule has 0 bridgehead atoms. The van der Waals surface area contributed by atoms with E-state index in [4.69, 9.17) is 21.6 Å². The van der Waals surface area contributed by atoms with Crippen LogP contribution in [0.4, 0.5) is 17.5 Å². The summed E-state index contributed by atoms with van der Waals surface area (Å²) in [5.41, 5.74) is 2.47. The Hall–Kier alpha value is -3.16. The highest BCUT2D eigenvalue weighted by Gasteiger charge is 2.38. The fourth-order valence-electron chi connectivity index (χ4n) is 4.84. The van der Waals surface area contributed by atoms with E-state index >= 15 is 0 Å². The molecule has 1 saturated heterocycles. The lowest BCUT2D eigenvalue weighted by Gasteiger charge is -2.43. The normalized spacial score (nSPS) is 15.3. The third-order valence-corrected chi connectivity index (χ3v) is 8.48. The van der Waals surface area contributed by atoms with Crippen molar-refractivity contribution >= 4 is 50.9 Å². The smallest absolute Gasteiger partial charge is 0.227 e.